The third-order valence-corrected chi connectivity index (χ3v) is 2.44. The second kappa shape index (κ2) is 6.31. The van der Waals surface area contributed by atoms with Crippen LogP contribution in [0.15, 0.2) is 27.8 Å². The summed E-state index contributed by atoms with van der Waals surface area (Å²) in [6.45, 7) is 1.45. The van der Waals surface area contributed by atoms with Crippen LogP contribution in [0, 0.1) is 0 Å². The molecule has 0 spiro atoms. The molecule has 0 fully saturated rings. The Kier molecular flexibility index (Phi) is 5.05. The molecule has 0 saturated carbocycles. The molecule has 0 radical (unpaired) electrons. The minimum atomic E-state index is -0.123. The van der Waals surface area contributed by atoms with Crippen molar-refractivity contribution in [1.29, 1.82) is 0 Å². The molecule has 1 rings (SSSR count). The molecule has 7 heteroatoms. The molecule has 92 valence electrons. The number of hydrogen-bond acceptors (Lipinski definition) is 3. The van der Waals surface area contributed by atoms with E-state index >= 15 is 0 Å². The summed E-state index contributed by atoms with van der Waals surface area (Å²) in [6, 6.07) is 5.39. The number of nitrogens with one attached hydrogen (secondary N) is 2. The second-order valence-electron chi connectivity index (χ2n) is 3.15. The summed E-state index contributed by atoms with van der Waals surface area (Å²) in [6.07, 6.45) is 1.57. The van der Waals surface area contributed by atoms with E-state index in [0.717, 1.165) is 10.0 Å². The van der Waals surface area contributed by atoms with Gasteiger partial charge >= 0.3 is 0 Å². The smallest absolute Gasteiger partial charge is 0.221 e. The van der Waals surface area contributed by atoms with E-state index < -0.39 is 0 Å². The van der Waals surface area contributed by atoms with Crippen LogP contribution in [0.4, 0.5) is 5.69 Å². The van der Waals surface area contributed by atoms with Crippen molar-refractivity contribution in [3.63, 3.8) is 0 Å². The van der Waals surface area contributed by atoms with Crippen LogP contribution in [0.5, 0.6) is 0 Å². The Morgan fingerprint density at radius 1 is 1.65 bits per heavy atom. The van der Waals surface area contributed by atoms with Crippen LogP contribution in [-0.2, 0) is 4.79 Å². The summed E-state index contributed by atoms with van der Waals surface area (Å²) in [7, 11) is 0. The van der Waals surface area contributed by atoms with Crippen molar-refractivity contribution >= 4 is 51.1 Å². The zero-order chi connectivity index (χ0) is 12.8. The minimum absolute atomic E-state index is 0. The molecule has 0 unspecified atom stereocenters. The van der Waals surface area contributed by atoms with Gasteiger partial charge in [-0.05, 0) is 45.8 Å². The van der Waals surface area contributed by atoms with Crippen LogP contribution in [0.25, 0.3) is 0 Å². The van der Waals surface area contributed by atoms with Gasteiger partial charge in [0.05, 0.1) is 11.9 Å². The third-order valence-electron chi connectivity index (χ3n) is 1.69. The molecule has 0 saturated heterocycles. The summed E-state index contributed by atoms with van der Waals surface area (Å²) >= 11 is 7.95. The van der Waals surface area contributed by atoms with E-state index in [2.05, 4.69) is 44.0 Å². The average Bonchev–Trinajstić information content (AvgIpc) is 2.21. The van der Waals surface area contributed by atoms with E-state index in [4.69, 9.17) is 5.73 Å². The first kappa shape index (κ1) is 13.6. The second-order valence-corrected chi connectivity index (χ2v) is 4.45. The van der Waals surface area contributed by atoms with Gasteiger partial charge in [-0.2, -0.15) is 5.10 Å². The molecule has 1 aromatic carbocycles. The van der Waals surface area contributed by atoms with E-state index in [-0.39, 0.29) is 12.4 Å². The number of hydrogen-bond donors (Lipinski definition) is 3. The first-order valence-corrected chi connectivity index (χ1v) is 5.85. The number of carbonyl (C=O) groups is 1. The molecule has 1 aromatic rings. The minimum Gasteiger partial charge on any atom is -0.375 e. The highest BCUT2D eigenvalue weighted by molar-refractivity contribution is 9.10. The van der Waals surface area contributed by atoms with Crippen LogP contribution < -0.4 is 16.5 Å². The fraction of sp³-hybridized carbons (Fsp3) is 0.100. The summed E-state index contributed by atoms with van der Waals surface area (Å²) in [5.41, 5.74) is 9.22. The number of hydrazone groups is 1. The maximum Gasteiger partial charge on any atom is 0.221 e. The first-order valence-electron chi connectivity index (χ1n) is 4.64. The highest BCUT2D eigenvalue weighted by Crippen LogP contribution is 2.22. The van der Waals surface area contributed by atoms with E-state index in [0.29, 0.717) is 5.69 Å². The molecule has 0 aliphatic carbocycles. The molecule has 0 aromatic heterocycles. The van der Waals surface area contributed by atoms with Crippen LogP contribution in [-0.4, -0.2) is 17.2 Å². The zero-order valence-electron chi connectivity index (χ0n) is 9.03. The van der Waals surface area contributed by atoms with Crippen molar-refractivity contribution in [2.24, 2.45) is 10.8 Å². The number of amides is 1. The standard InChI is InChI=1S/C10H11BrN4OS.H2/c1-6(16)14-9-3-2-7(4-8(9)11)5-13-15-10(12)17;/h2-5H,1H3,(H,14,16)(H3,12,15,17);1H/b13-5+;. The van der Waals surface area contributed by atoms with Crippen molar-refractivity contribution in [3.05, 3.63) is 28.2 Å². The van der Waals surface area contributed by atoms with Crippen molar-refractivity contribution < 1.29 is 6.22 Å². The van der Waals surface area contributed by atoms with Crippen LogP contribution in [0.3, 0.4) is 0 Å². The van der Waals surface area contributed by atoms with E-state index in [9.17, 15) is 4.79 Å². The zero-order valence-corrected chi connectivity index (χ0v) is 11.4. The van der Waals surface area contributed by atoms with Gasteiger partial charge in [-0.1, -0.05) is 6.07 Å². The number of nitrogens with zero attached hydrogens (tertiary/aromatic N) is 1. The van der Waals surface area contributed by atoms with Gasteiger partial charge in [0, 0.05) is 12.8 Å². The quantitative estimate of drug-likeness (QED) is 0.451. The number of thiocarbonyl (C=S) groups is 1. The van der Waals surface area contributed by atoms with Gasteiger partial charge < -0.3 is 11.1 Å². The average molecular weight is 317 g/mol. The van der Waals surface area contributed by atoms with Crippen molar-refractivity contribution in [2.75, 3.05) is 5.32 Å². The topological polar surface area (TPSA) is 79.5 Å². The predicted octanol–water partition coefficient (Wildman–Crippen LogP) is 1.82. The molecule has 1 amide bonds. The lowest BCUT2D eigenvalue weighted by molar-refractivity contribution is -0.114. The fourth-order valence-electron chi connectivity index (χ4n) is 1.07. The Bertz CT molecular complexity index is 481. The lowest BCUT2D eigenvalue weighted by Gasteiger charge is -2.05. The van der Waals surface area contributed by atoms with Gasteiger partial charge in [-0.25, -0.2) is 0 Å². The lowest BCUT2D eigenvalue weighted by atomic mass is 10.2. The van der Waals surface area contributed by atoms with Gasteiger partial charge in [-0.15, -0.1) is 0 Å². The largest absolute Gasteiger partial charge is 0.375 e. The number of benzene rings is 1. The van der Waals surface area contributed by atoms with Crippen LogP contribution in [0.1, 0.15) is 13.9 Å². The van der Waals surface area contributed by atoms with Crippen molar-refractivity contribution in [1.82, 2.24) is 5.43 Å². The number of rotatable bonds is 3. The highest BCUT2D eigenvalue weighted by atomic mass is 79.9. The van der Waals surface area contributed by atoms with Gasteiger partial charge in [0.25, 0.3) is 0 Å². The SMILES string of the molecule is CC(=O)Nc1ccc(/C=N/NC(N)=S)cc1Br.[HH]. The maximum atomic E-state index is 10.9. The summed E-state index contributed by atoms with van der Waals surface area (Å²) < 4.78 is 0.770. The summed E-state index contributed by atoms with van der Waals surface area (Å²) in [5.74, 6) is -0.123. The molecule has 0 atom stereocenters. The monoisotopic (exact) mass is 316 g/mol. The van der Waals surface area contributed by atoms with E-state index in [1.807, 2.05) is 6.07 Å². The van der Waals surface area contributed by atoms with Gasteiger partial charge in [0.1, 0.15) is 0 Å². The number of carbonyl (C=O) groups excluding carboxylic acids is 1. The normalized spacial score (nSPS) is 10.2. The molecular formula is C10H13BrN4OS. The summed E-state index contributed by atoms with van der Waals surface area (Å²) in [4.78, 5) is 10.9. The molecule has 0 aliphatic rings. The Morgan fingerprint density at radius 3 is 2.88 bits per heavy atom. The molecule has 0 aliphatic heterocycles. The number of anilines is 1. The third kappa shape index (κ3) is 4.92. The molecule has 5 nitrogen and oxygen atoms in total. The Balaban J connectivity index is 0.00000289. The molecule has 4 N–H and O–H groups in total. The van der Waals surface area contributed by atoms with Crippen LogP contribution >= 0.6 is 28.1 Å². The predicted molar refractivity (Wildman–Crippen MR) is 78.1 cm³/mol. The van der Waals surface area contributed by atoms with E-state index in [1.165, 1.54) is 6.92 Å². The molecular weight excluding hydrogens is 304 g/mol. The number of halogens is 1. The lowest BCUT2D eigenvalue weighted by Crippen LogP contribution is -2.23. The van der Waals surface area contributed by atoms with Gasteiger partial charge in [0.2, 0.25) is 5.91 Å². The number of nitrogens with two attached hydrogens (primary N) is 1. The molecule has 0 bridgehead atoms. The van der Waals surface area contributed by atoms with Gasteiger partial charge in [-0.3, -0.25) is 10.2 Å². The maximum absolute atomic E-state index is 10.9. The molecule has 17 heavy (non-hydrogen) atoms. The Morgan fingerprint density at radius 2 is 2.35 bits per heavy atom. The Labute approximate surface area is 114 Å². The van der Waals surface area contributed by atoms with Gasteiger partial charge in [0.15, 0.2) is 5.11 Å². The van der Waals surface area contributed by atoms with Crippen molar-refractivity contribution in [3.8, 4) is 0 Å². The highest BCUT2D eigenvalue weighted by Gasteiger charge is 2.01. The van der Waals surface area contributed by atoms with Crippen molar-refractivity contribution in [2.45, 2.75) is 6.92 Å². The Hall–Kier alpha value is -1.47. The van der Waals surface area contributed by atoms with Crippen LogP contribution in [0.2, 0.25) is 0 Å². The van der Waals surface area contributed by atoms with E-state index in [1.54, 1.807) is 18.3 Å². The molecule has 0 heterocycles. The fourth-order valence-corrected chi connectivity index (χ4v) is 1.62. The summed E-state index contributed by atoms with van der Waals surface area (Å²) in [5, 5.41) is 6.62. The first-order chi connectivity index (χ1) is 7.99.